The van der Waals surface area contributed by atoms with Crippen molar-refractivity contribution in [1.29, 1.82) is 0 Å². The van der Waals surface area contributed by atoms with E-state index < -0.39 is 0 Å². The van der Waals surface area contributed by atoms with Gasteiger partial charge in [-0.1, -0.05) is 13.8 Å². The zero-order valence-corrected chi connectivity index (χ0v) is 12.7. The summed E-state index contributed by atoms with van der Waals surface area (Å²) in [5.41, 5.74) is 0. The number of carbonyl (C=O) groups is 1. The van der Waals surface area contributed by atoms with Crippen molar-refractivity contribution in [3.8, 4) is 0 Å². The van der Waals surface area contributed by atoms with Crippen LogP contribution in [0.25, 0.3) is 0 Å². The van der Waals surface area contributed by atoms with Gasteiger partial charge in [-0.25, -0.2) is 0 Å². The molecule has 1 amide bonds. The average Bonchev–Trinajstić information content (AvgIpc) is 2.36. The van der Waals surface area contributed by atoms with E-state index in [1.54, 1.807) is 0 Å². The summed E-state index contributed by atoms with van der Waals surface area (Å²) in [6.45, 7) is 8.53. The second-order valence-electron chi connectivity index (χ2n) is 6.55. The summed E-state index contributed by atoms with van der Waals surface area (Å²) in [6, 6.07) is 0.442. The third-order valence-electron chi connectivity index (χ3n) is 4.38. The molecule has 2 aliphatic rings. The van der Waals surface area contributed by atoms with E-state index in [0.717, 1.165) is 25.9 Å². The molecule has 2 aliphatic heterocycles. The number of nitrogens with one attached hydrogen (secondary N) is 1. The van der Waals surface area contributed by atoms with Crippen molar-refractivity contribution >= 4 is 5.91 Å². The standard InChI is InChI=1S/C15H29N3O/c1-12(2)16-14-5-4-8-18(15(14)19)11-13-6-9-17(3)10-7-13/h12-14,16H,4-11H2,1-3H3. The molecular formula is C15H29N3O. The van der Waals surface area contributed by atoms with Crippen LogP contribution in [0.3, 0.4) is 0 Å². The number of piperidine rings is 2. The van der Waals surface area contributed by atoms with Gasteiger partial charge in [-0.05, 0) is 51.7 Å². The third kappa shape index (κ3) is 4.18. The molecule has 1 unspecified atom stereocenters. The first kappa shape index (κ1) is 14.8. The van der Waals surface area contributed by atoms with Crippen molar-refractivity contribution in [3.05, 3.63) is 0 Å². The molecule has 1 atom stereocenters. The summed E-state index contributed by atoms with van der Waals surface area (Å²) >= 11 is 0. The van der Waals surface area contributed by atoms with Gasteiger partial charge in [0.05, 0.1) is 6.04 Å². The fraction of sp³-hybridized carbons (Fsp3) is 0.933. The van der Waals surface area contributed by atoms with Crippen LogP contribution >= 0.6 is 0 Å². The molecule has 2 saturated heterocycles. The van der Waals surface area contributed by atoms with Crippen LogP contribution in [-0.4, -0.2) is 61.0 Å². The van der Waals surface area contributed by atoms with Crippen molar-refractivity contribution in [2.24, 2.45) is 5.92 Å². The second kappa shape index (κ2) is 6.71. The highest BCUT2D eigenvalue weighted by Crippen LogP contribution is 2.20. The lowest BCUT2D eigenvalue weighted by Crippen LogP contribution is -2.53. The number of nitrogens with zero attached hydrogens (tertiary/aromatic N) is 2. The average molecular weight is 267 g/mol. The van der Waals surface area contributed by atoms with Gasteiger partial charge in [0.15, 0.2) is 0 Å². The Morgan fingerprint density at radius 2 is 1.89 bits per heavy atom. The van der Waals surface area contributed by atoms with Gasteiger partial charge in [-0.15, -0.1) is 0 Å². The number of hydrogen-bond donors (Lipinski definition) is 1. The fourth-order valence-corrected chi connectivity index (χ4v) is 3.23. The molecule has 0 bridgehead atoms. The predicted molar refractivity (Wildman–Crippen MR) is 78.1 cm³/mol. The maximum absolute atomic E-state index is 12.5. The number of amides is 1. The van der Waals surface area contributed by atoms with E-state index in [-0.39, 0.29) is 6.04 Å². The number of likely N-dealkylation sites (tertiary alicyclic amines) is 2. The molecule has 4 heteroatoms. The smallest absolute Gasteiger partial charge is 0.239 e. The molecule has 0 aromatic heterocycles. The van der Waals surface area contributed by atoms with Crippen LogP contribution in [-0.2, 0) is 4.79 Å². The predicted octanol–water partition coefficient (Wildman–Crippen LogP) is 1.32. The van der Waals surface area contributed by atoms with Crippen molar-refractivity contribution in [3.63, 3.8) is 0 Å². The summed E-state index contributed by atoms with van der Waals surface area (Å²) < 4.78 is 0. The lowest BCUT2D eigenvalue weighted by molar-refractivity contribution is -0.137. The normalized spacial score (nSPS) is 27.3. The number of hydrogen-bond acceptors (Lipinski definition) is 3. The first-order chi connectivity index (χ1) is 9.06. The molecule has 2 fully saturated rings. The first-order valence-corrected chi connectivity index (χ1v) is 7.79. The highest BCUT2D eigenvalue weighted by Gasteiger charge is 2.30. The van der Waals surface area contributed by atoms with Gasteiger partial charge >= 0.3 is 0 Å². The van der Waals surface area contributed by atoms with E-state index in [4.69, 9.17) is 0 Å². The molecule has 0 aromatic rings. The van der Waals surface area contributed by atoms with Gasteiger partial charge in [-0.2, -0.15) is 0 Å². The SMILES string of the molecule is CC(C)NC1CCCN(CC2CCN(C)CC2)C1=O. The summed E-state index contributed by atoms with van der Waals surface area (Å²) in [7, 11) is 2.19. The molecule has 2 heterocycles. The Labute approximate surface area is 117 Å². The first-order valence-electron chi connectivity index (χ1n) is 7.79. The quantitative estimate of drug-likeness (QED) is 0.834. The van der Waals surface area contributed by atoms with Gasteiger partial charge in [-0.3, -0.25) is 4.79 Å². The zero-order valence-electron chi connectivity index (χ0n) is 12.7. The van der Waals surface area contributed by atoms with E-state index >= 15 is 0 Å². The fourth-order valence-electron chi connectivity index (χ4n) is 3.23. The van der Waals surface area contributed by atoms with E-state index in [1.807, 2.05) is 0 Å². The molecule has 0 saturated carbocycles. The minimum Gasteiger partial charge on any atom is -0.341 e. The van der Waals surface area contributed by atoms with Crippen LogP contribution in [0.15, 0.2) is 0 Å². The largest absolute Gasteiger partial charge is 0.341 e. The molecule has 2 rings (SSSR count). The highest BCUT2D eigenvalue weighted by molar-refractivity contribution is 5.82. The van der Waals surface area contributed by atoms with Gasteiger partial charge in [0.1, 0.15) is 0 Å². The molecule has 0 radical (unpaired) electrons. The summed E-state index contributed by atoms with van der Waals surface area (Å²) in [5.74, 6) is 1.04. The van der Waals surface area contributed by atoms with Crippen LogP contribution < -0.4 is 5.32 Å². The van der Waals surface area contributed by atoms with Crippen molar-refractivity contribution in [2.75, 3.05) is 33.2 Å². The Morgan fingerprint density at radius 3 is 2.53 bits per heavy atom. The molecule has 110 valence electrons. The lowest BCUT2D eigenvalue weighted by Gasteiger charge is -2.37. The van der Waals surface area contributed by atoms with Crippen LogP contribution in [0, 0.1) is 5.92 Å². The molecule has 0 aromatic carbocycles. The van der Waals surface area contributed by atoms with E-state index in [9.17, 15) is 4.79 Å². The molecule has 1 N–H and O–H groups in total. The molecule has 0 aliphatic carbocycles. The van der Waals surface area contributed by atoms with Crippen LogP contribution in [0.1, 0.15) is 39.5 Å². The van der Waals surface area contributed by atoms with E-state index in [1.165, 1.54) is 25.9 Å². The Morgan fingerprint density at radius 1 is 1.21 bits per heavy atom. The minimum absolute atomic E-state index is 0.0556. The lowest BCUT2D eigenvalue weighted by atomic mass is 9.94. The third-order valence-corrected chi connectivity index (χ3v) is 4.38. The van der Waals surface area contributed by atoms with Crippen molar-refractivity contribution in [1.82, 2.24) is 15.1 Å². The summed E-state index contributed by atoms with van der Waals surface area (Å²) in [6.07, 6.45) is 4.62. The zero-order chi connectivity index (χ0) is 13.8. The van der Waals surface area contributed by atoms with Gasteiger partial charge < -0.3 is 15.1 Å². The van der Waals surface area contributed by atoms with Gasteiger partial charge in [0.2, 0.25) is 5.91 Å². The molecule has 4 nitrogen and oxygen atoms in total. The van der Waals surface area contributed by atoms with Crippen molar-refractivity contribution < 1.29 is 4.79 Å². The molecule has 19 heavy (non-hydrogen) atoms. The van der Waals surface area contributed by atoms with Crippen LogP contribution in [0.5, 0.6) is 0 Å². The number of carbonyl (C=O) groups excluding carboxylic acids is 1. The number of rotatable bonds is 4. The monoisotopic (exact) mass is 267 g/mol. The molecular weight excluding hydrogens is 238 g/mol. The van der Waals surface area contributed by atoms with Gasteiger partial charge in [0.25, 0.3) is 0 Å². The Hall–Kier alpha value is -0.610. The van der Waals surface area contributed by atoms with E-state index in [2.05, 4.69) is 36.0 Å². The Balaban J connectivity index is 1.84. The summed E-state index contributed by atoms with van der Waals surface area (Å²) in [4.78, 5) is 16.9. The van der Waals surface area contributed by atoms with Crippen LogP contribution in [0.4, 0.5) is 0 Å². The maximum atomic E-state index is 12.5. The summed E-state index contributed by atoms with van der Waals surface area (Å²) in [5, 5.41) is 3.41. The topological polar surface area (TPSA) is 35.6 Å². The second-order valence-corrected chi connectivity index (χ2v) is 6.55. The van der Waals surface area contributed by atoms with Crippen molar-refractivity contribution in [2.45, 2.75) is 51.6 Å². The van der Waals surface area contributed by atoms with Crippen LogP contribution in [0.2, 0.25) is 0 Å². The van der Waals surface area contributed by atoms with E-state index in [0.29, 0.717) is 17.9 Å². The molecule has 0 spiro atoms. The Kier molecular flexibility index (Phi) is 5.22. The minimum atomic E-state index is 0.0556. The Bertz CT molecular complexity index is 298. The van der Waals surface area contributed by atoms with Gasteiger partial charge in [0, 0.05) is 19.1 Å². The maximum Gasteiger partial charge on any atom is 0.239 e. The highest BCUT2D eigenvalue weighted by atomic mass is 16.2.